The van der Waals surface area contributed by atoms with E-state index in [-0.39, 0.29) is 0 Å². The number of hydrogen-bond acceptors (Lipinski definition) is 0. The van der Waals surface area contributed by atoms with E-state index >= 15 is 0 Å². The molecule has 3 aromatic rings. The lowest BCUT2D eigenvalue weighted by Gasteiger charge is -1.82. The zero-order valence-corrected chi connectivity index (χ0v) is 14.2. The lowest BCUT2D eigenvalue weighted by molar-refractivity contribution is 1.48. The molecule has 3 aromatic carbocycles. The standard InChI is InChI=1S/2C7H8.C6H6.C2H6/c2*1-7-5-3-2-4-6-7;1-2-4-6-5-3-1;1-2/h2*2-6H,1H3;1-6H;1-2H3. The van der Waals surface area contributed by atoms with Crippen LogP contribution < -0.4 is 0 Å². The van der Waals surface area contributed by atoms with Crippen molar-refractivity contribution in [1.82, 2.24) is 0 Å². The Labute approximate surface area is 136 Å². The molecule has 0 heteroatoms. The van der Waals surface area contributed by atoms with Crippen LogP contribution in [0.5, 0.6) is 0 Å². The Morgan fingerprint density at radius 1 is 0.364 bits per heavy atom. The van der Waals surface area contributed by atoms with Crippen LogP contribution in [-0.4, -0.2) is 0 Å². The van der Waals surface area contributed by atoms with Crippen LogP contribution >= 0.6 is 0 Å². The topological polar surface area (TPSA) is 0 Å². The number of benzene rings is 3. The minimum atomic E-state index is 1.32. The molecule has 0 aromatic heterocycles. The summed E-state index contributed by atoms with van der Waals surface area (Å²) in [5, 5.41) is 0. The highest BCUT2D eigenvalue weighted by Gasteiger charge is 1.72. The van der Waals surface area contributed by atoms with E-state index in [0.717, 1.165) is 0 Å². The van der Waals surface area contributed by atoms with E-state index in [9.17, 15) is 0 Å². The second-order valence-electron chi connectivity index (χ2n) is 4.46. The van der Waals surface area contributed by atoms with E-state index < -0.39 is 0 Å². The molecule has 0 fully saturated rings. The number of aryl methyl sites for hydroxylation is 2. The third kappa shape index (κ3) is 12.7. The molecule has 3 rings (SSSR count). The maximum absolute atomic E-state index is 2.08. The fourth-order valence-electron chi connectivity index (χ4n) is 1.45. The molecule has 0 amide bonds. The van der Waals surface area contributed by atoms with Crippen molar-refractivity contribution >= 4 is 0 Å². The van der Waals surface area contributed by atoms with Gasteiger partial charge >= 0.3 is 0 Å². The van der Waals surface area contributed by atoms with Gasteiger partial charge in [0.1, 0.15) is 0 Å². The minimum Gasteiger partial charge on any atom is -0.0683 e. The average Bonchev–Trinajstić information content (AvgIpc) is 2.61. The van der Waals surface area contributed by atoms with Crippen molar-refractivity contribution < 1.29 is 0 Å². The van der Waals surface area contributed by atoms with Crippen molar-refractivity contribution in [3.63, 3.8) is 0 Å². The number of hydrogen-bond donors (Lipinski definition) is 0. The zero-order chi connectivity index (χ0) is 16.5. The molecule has 0 saturated heterocycles. The lowest BCUT2D eigenvalue weighted by Crippen LogP contribution is -1.62. The fourth-order valence-corrected chi connectivity index (χ4v) is 1.45. The van der Waals surface area contributed by atoms with Crippen molar-refractivity contribution in [1.29, 1.82) is 0 Å². The van der Waals surface area contributed by atoms with E-state index in [1.807, 2.05) is 86.6 Å². The van der Waals surface area contributed by atoms with Gasteiger partial charge in [-0.3, -0.25) is 0 Å². The van der Waals surface area contributed by atoms with Gasteiger partial charge < -0.3 is 0 Å². The molecular weight excluding hydrogens is 264 g/mol. The predicted octanol–water partition coefficient (Wildman–Crippen LogP) is 6.70. The molecule has 0 atom stereocenters. The van der Waals surface area contributed by atoms with Crippen LogP contribution in [0.15, 0.2) is 97.1 Å². The minimum absolute atomic E-state index is 1.32. The van der Waals surface area contributed by atoms with Gasteiger partial charge in [0.25, 0.3) is 0 Å². The molecule has 0 spiro atoms. The molecular formula is C22H28. The first-order valence-electron chi connectivity index (χ1n) is 7.82. The largest absolute Gasteiger partial charge is 0.0683 e. The van der Waals surface area contributed by atoms with E-state index in [1.165, 1.54) is 11.1 Å². The average molecular weight is 292 g/mol. The number of rotatable bonds is 0. The highest BCUT2D eigenvalue weighted by atomic mass is 13.8. The Kier molecular flexibility index (Phi) is 13.5. The summed E-state index contributed by atoms with van der Waals surface area (Å²) in [5.41, 5.74) is 2.64. The summed E-state index contributed by atoms with van der Waals surface area (Å²) < 4.78 is 0. The summed E-state index contributed by atoms with van der Waals surface area (Å²) in [5.74, 6) is 0. The maximum Gasteiger partial charge on any atom is -0.0398 e. The predicted molar refractivity (Wildman–Crippen MR) is 100 cm³/mol. The Morgan fingerprint density at radius 2 is 0.545 bits per heavy atom. The molecule has 0 saturated carbocycles. The molecule has 0 radical (unpaired) electrons. The third-order valence-corrected chi connectivity index (χ3v) is 2.55. The third-order valence-electron chi connectivity index (χ3n) is 2.55. The van der Waals surface area contributed by atoms with Crippen molar-refractivity contribution in [2.75, 3.05) is 0 Å². The Hall–Kier alpha value is -2.34. The second kappa shape index (κ2) is 15.1. The van der Waals surface area contributed by atoms with Crippen molar-refractivity contribution in [3.05, 3.63) is 108 Å². The molecule has 0 aliphatic carbocycles. The zero-order valence-electron chi connectivity index (χ0n) is 14.2. The summed E-state index contributed by atoms with van der Waals surface area (Å²) in [6.07, 6.45) is 0. The molecule has 22 heavy (non-hydrogen) atoms. The molecule has 116 valence electrons. The van der Waals surface area contributed by atoms with Gasteiger partial charge in [-0.1, -0.05) is 122 Å². The summed E-state index contributed by atoms with van der Waals surface area (Å²) >= 11 is 0. The Bertz CT molecular complexity index is 463. The van der Waals surface area contributed by atoms with Crippen LogP contribution in [0.3, 0.4) is 0 Å². The quantitative estimate of drug-likeness (QED) is 0.432. The van der Waals surface area contributed by atoms with E-state index in [1.54, 1.807) is 0 Å². The molecule has 0 bridgehead atoms. The van der Waals surface area contributed by atoms with Gasteiger partial charge in [-0.25, -0.2) is 0 Å². The maximum atomic E-state index is 2.08. The van der Waals surface area contributed by atoms with Crippen LogP contribution in [0, 0.1) is 13.8 Å². The smallest absolute Gasteiger partial charge is 0.0398 e. The van der Waals surface area contributed by atoms with Gasteiger partial charge in [-0.2, -0.15) is 0 Å². The normalized spacial score (nSPS) is 8.00. The van der Waals surface area contributed by atoms with Gasteiger partial charge in [0.15, 0.2) is 0 Å². The summed E-state index contributed by atoms with van der Waals surface area (Å²) in [6, 6.07) is 32.5. The van der Waals surface area contributed by atoms with Crippen molar-refractivity contribution in [2.45, 2.75) is 27.7 Å². The first-order valence-corrected chi connectivity index (χ1v) is 7.82. The molecule has 0 heterocycles. The summed E-state index contributed by atoms with van der Waals surface area (Å²) in [6.45, 7) is 8.17. The van der Waals surface area contributed by atoms with E-state index in [2.05, 4.69) is 38.1 Å². The SMILES string of the molecule is CC.Cc1ccccc1.Cc1ccccc1.c1ccccc1. The van der Waals surface area contributed by atoms with Crippen molar-refractivity contribution in [3.8, 4) is 0 Å². The van der Waals surface area contributed by atoms with Gasteiger partial charge in [-0.05, 0) is 13.8 Å². The van der Waals surface area contributed by atoms with Crippen LogP contribution in [0.25, 0.3) is 0 Å². The van der Waals surface area contributed by atoms with Gasteiger partial charge in [0, 0.05) is 0 Å². The lowest BCUT2D eigenvalue weighted by atomic mass is 10.2. The van der Waals surface area contributed by atoms with Crippen LogP contribution in [-0.2, 0) is 0 Å². The van der Waals surface area contributed by atoms with Crippen LogP contribution in [0.4, 0.5) is 0 Å². The second-order valence-corrected chi connectivity index (χ2v) is 4.46. The highest BCUT2D eigenvalue weighted by Crippen LogP contribution is 1.92. The van der Waals surface area contributed by atoms with Crippen LogP contribution in [0.2, 0.25) is 0 Å². The molecule has 0 N–H and O–H groups in total. The highest BCUT2D eigenvalue weighted by molar-refractivity contribution is 5.12. The van der Waals surface area contributed by atoms with Gasteiger partial charge in [0.2, 0.25) is 0 Å². The van der Waals surface area contributed by atoms with E-state index in [4.69, 9.17) is 0 Å². The van der Waals surface area contributed by atoms with E-state index in [0.29, 0.717) is 0 Å². The Morgan fingerprint density at radius 3 is 0.682 bits per heavy atom. The van der Waals surface area contributed by atoms with Gasteiger partial charge in [0.05, 0.1) is 0 Å². The Balaban J connectivity index is 0.000000285. The van der Waals surface area contributed by atoms with Crippen LogP contribution in [0.1, 0.15) is 25.0 Å². The molecule has 0 unspecified atom stereocenters. The summed E-state index contributed by atoms with van der Waals surface area (Å²) in [7, 11) is 0. The molecule has 0 aliphatic rings. The molecule has 0 aliphatic heterocycles. The molecule has 0 nitrogen and oxygen atoms in total. The monoisotopic (exact) mass is 292 g/mol. The summed E-state index contributed by atoms with van der Waals surface area (Å²) in [4.78, 5) is 0. The first kappa shape index (κ1) is 19.7. The fraction of sp³-hybridized carbons (Fsp3) is 0.182. The van der Waals surface area contributed by atoms with Gasteiger partial charge in [-0.15, -0.1) is 0 Å². The first-order chi connectivity index (χ1) is 10.8. The van der Waals surface area contributed by atoms with Crippen molar-refractivity contribution in [2.24, 2.45) is 0 Å².